The molecule has 0 spiro atoms. The molecular weight excluding hydrogens is 359 g/mol. The van der Waals surface area contributed by atoms with Crippen molar-refractivity contribution in [2.45, 2.75) is 41.1 Å². The molecule has 1 N–H and O–H groups in total. The molecule has 4 nitrogen and oxygen atoms in total. The number of halogens is 3. The lowest BCUT2D eigenvalue weighted by Crippen LogP contribution is -2.22. The van der Waals surface area contributed by atoms with E-state index in [1.165, 1.54) is 26.0 Å². The van der Waals surface area contributed by atoms with E-state index in [-0.39, 0.29) is 28.0 Å². The summed E-state index contributed by atoms with van der Waals surface area (Å²) in [5, 5.41) is 8.46. The normalized spacial score (nSPS) is 12.7. The second kappa shape index (κ2) is 6.32. The fourth-order valence-corrected chi connectivity index (χ4v) is 4.20. The number of carboxylic acid groups (broad SMARTS) is 1. The highest BCUT2D eigenvalue weighted by molar-refractivity contribution is 7.92. The van der Waals surface area contributed by atoms with Gasteiger partial charge in [-0.2, -0.15) is 0 Å². The molecule has 1 aromatic carbocycles. The van der Waals surface area contributed by atoms with E-state index in [4.69, 9.17) is 34.8 Å². The number of carbonyl (C=O) groups is 1. The van der Waals surface area contributed by atoms with Gasteiger partial charge in [-0.15, -0.1) is 0 Å². The maximum atomic E-state index is 12.6. The first kappa shape index (κ1) is 18.6. The Labute approximate surface area is 138 Å². The highest BCUT2D eigenvalue weighted by atomic mass is 35.6. The van der Waals surface area contributed by atoms with Crippen molar-refractivity contribution in [3.8, 4) is 0 Å². The smallest absolute Gasteiger partial charge is 0.336 e. The summed E-state index contributed by atoms with van der Waals surface area (Å²) in [6.07, 6.45) is 0.192. The SMILES string of the molecule is CCc1c(C(=O)O)ccc(C(Cl)(Cl)Cl)c1S(=O)(=O)C(C)C. The first-order valence-electron chi connectivity index (χ1n) is 6.14. The molecule has 118 valence electrons. The molecule has 0 aliphatic carbocycles. The van der Waals surface area contributed by atoms with Crippen LogP contribution in [0, 0.1) is 0 Å². The molecule has 0 aromatic heterocycles. The van der Waals surface area contributed by atoms with E-state index in [0.717, 1.165) is 0 Å². The molecule has 0 saturated heterocycles. The summed E-state index contributed by atoms with van der Waals surface area (Å²) in [5.74, 6) is -1.22. The zero-order valence-corrected chi connectivity index (χ0v) is 14.7. The Morgan fingerprint density at radius 3 is 2.14 bits per heavy atom. The van der Waals surface area contributed by atoms with Crippen molar-refractivity contribution in [1.29, 1.82) is 0 Å². The average Bonchev–Trinajstić information content (AvgIpc) is 2.35. The summed E-state index contributed by atoms with van der Waals surface area (Å²) in [4.78, 5) is 11.1. The second-order valence-electron chi connectivity index (χ2n) is 4.72. The topological polar surface area (TPSA) is 71.4 Å². The van der Waals surface area contributed by atoms with Crippen LogP contribution in [0.4, 0.5) is 0 Å². The van der Waals surface area contributed by atoms with E-state index < -0.39 is 24.8 Å². The summed E-state index contributed by atoms with van der Waals surface area (Å²) in [6, 6.07) is 2.50. The van der Waals surface area contributed by atoms with Gasteiger partial charge in [0.1, 0.15) is 0 Å². The van der Waals surface area contributed by atoms with Crippen LogP contribution in [-0.4, -0.2) is 24.7 Å². The van der Waals surface area contributed by atoms with Gasteiger partial charge in [-0.25, -0.2) is 13.2 Å². The Morgan fingerprint density at radius 2 is 1.81 bits per heavy atom. The number of benzene rings is 1. The van der Waals surface area contributed by atoms with E-state index in [0.29, 0.717) is 0 Å². The summed E-state index contributed by atoms with van der Waals surface area (Å²) >= 11 is 17.6. The predicted octanol–water partition coefficient (Wildman–Crippen LogP) is 3.96. The quantitative estimate of drug-likeness (QED) is 0.811. The number of rotatable bonds is 4. The Balaban J connectivity index is 3.94. The third-order valence-corrected chi connectivity index (χ3v) is 5.94. The Bertz CT molecular complexity index is 661. The van der Waals surface area contributed by atoms with Crippen molar-refractivity contribution in [3.05, 3.63) is 28.8 Å². The van der Waals surface area contributed by atoms with E-state index in [2.05, 4.69) is 0 Å². The third-order valence-electron chi connectivity index (χ3n) is 3.05. The number of sulfone groups is 1. The van der Waals surface area contributed by atoms with E-state index in [1.807, 2.05) is 0 Å². The van der Waals surface area contributed by atoms with Crippen molar-refractivity contribution >= 4 is 50.6 Å². The van der Waals surface area contributed by atoms with E-state index in [1.54, 1.807) is 6.92 Å². The Kier molecular flexibility index (Phi) is 5.59. The van der Waals surface area contributed by atoms with Crippen LogP contribution in [0.1, 0.15) is 42.3 Å². The van der Waals surface area contributed by atoms with Gasteiger partial charge in [0.25, 0.3) is 0 Å². The summed E-state index contributed by atoms with van der Waals surface area (Å²) in [5.41, 5.74) is 0.0257. The second-order valence-corrected chi connectivity index (χ2v) is 9.44. The van der Waals surface area contributed by atoms with Crippen molar-refractivity contribution < 1.29 is 18.3 Å². The molecule has 8 heteroatoms. The maximum absolute atomic E-state index is 12.6. The molecule has 21 heavy (non-hydrogen) atoms. The highest BCUT2D eigenvalue weighted by Gasteiger charge is 2.36. The molecule has 0 saturated carbocycles. The molecule has 0 heterocycles. The minimum atomic E-state index is -3.81. The van der Waals surface area contributed by atoms with Gasteiger partial charge >= 0.3 is 5.97 Å². The van der Waals surface area contributed by atoms with Gasteiger partial charge in [0.2, 0.25) is 3.79 Å². The number of hydrogen-bond donors (Lipinski definition) is 1. The molecule has 1 aromatic rings. The number of alkyl halides is 3. The van der Waals surface area contributed by atoms with Crippen LogP contribution < -0.4 is 0 Å². The van der Waals surface area contributed by atoms with Crippen molar-refractivity contribution in [1.82, 2.24) is 0 Å². The van der Waals surface area contributed by atoms with Crippen LogP contribution >= 0.6 is 34.8 Å². The molecular formula is C13H15Cl3O4S. The first-order valence-corrected chi connectivity index (χ1v) is 8.82. The summed E-state index contributed by atoms with van der Waals surface area (Å²) < 4.78 is 23.2. The lowest BCUT2D eigenvalue weighted by molar-refractivity contribution is 0.0695. The summed E-state index contributed by atoms with van der Waals surface area (Å²) in [7, 11) is -3.81. The average molecular weight is 374 g/mol. The Hall–Kier alpha value is -0.490. The number of aromatic carboxylic acids is 1. The Morgan fingerprint density at radius 1 is 1.29 bits per heavy atom. The van der Waals surface area contributed by atoms with E-state index in [9.17, 15) is 18.3 Å². The van der Waals surface area contributed by atoms with Crippen molar-refractivity contribution in [3.63, 3.8) is 0 Å². The lowest BCUT2D eigenvalue weighted by Gasteiger charge is -2.22. The monoisotopic (exact) mass is 372 g/mol. The molecule has 0 fully saturated rings. The molecule has 0 unspecified atom stereocenters. The van der Waals surface area contributed by atoms with E-state index >= 15 is 0 Å². The van der Waals surface area contributed by atoms with Gasteiger partial charge in [0.05, 0.1) is 15.7 Å². The lowest BCUT2D eigenvalue weighted by atomic mass is 10.0. The molecule has 0 atom stereocenters. The molecule has 0 aliphatic heterocycles. The van der Waals surface area contributed by atoms with Crippen LogP contribution in [0.25, 0.3) is 0 Å². The highest BCUT2D eigenvalue weighted by Crippen LogP contribution is 2.44. The number of carboxylic acids is 1. The van der Waals surface area contributed by atoms with Crippen molar-refractivity contribution in [2.24, 2.45) is 0 Å². The fraction of sp³-hybridized carbons (Fsp3) is 0.462. The van der Waals surface area contributed by atoms with Gasteiger partial charge in [0, 0.05) is 5.56 Å². The molecule has 0 bridgehead atoms. The molecule has 0 aliphatic rings. The van der Waals surface area contributed by atoms with Crippen LogP contribution in [0.3, 0.4) is 0 Å². The van der Waals surface area contributed by atoms with Gasteiger partial charge in [0.15, 0.2) is 9.84 Å². The minimum absolute atomic E-state index is 0.0250. The first-order chi connectivity index (χ1) is 9.44. The maximum Gasteiger partial charge on any atom is 0.336 e. The zero-order valence-electron chi connectivity index (χ0n) is 11.7. The van der Waals surface area contributed by atoms with Crippen LogP contribution in [-0.2, 0) is 20.1 Å². The third kappa shape index (κ3) is 3.65. The van der Waals surface area contributed by atoms with Gasteiger partial charge < -0.3 is 5.11 Å². The largest absolute Gasteiger partial charge is 0.478 e. The van der Waals surface area contributed by atoms with Crippen LogP contribution in [0.5, 0.6) is 0 Å². The standard InChI is InChI=1S/C13H15Cl3O4S/c1-4-8-9(12(17)18)5-6-10(13(14,15)16)11(8)21(19,20)7(2)3/h5-7H,4H2,1-3H3,(H,17,18). The molecule has 0 amide bonds. The van der Waals surface area contributed by atoms with Gasteiger partial charge in [-0.1, -0.05) is 47.8 Å². The van der Waals surface area contributed by atoms with Gasteiger partial charge in [-0.05, 0) is 31.9 Å². The fourth-order valence-electron chi connectivity index (χ4n) is 1.96. The van der Waals surface area contributed by atoms with Gasteiger partial charge in [-0.3, -0.25) is 0 Å². The molecule has 0 radical (unpaired) electrons. The molecule has 1 rings (SSSR count). The summed E-state index contributed by atoms with van der Waals surface area (Å²) in [6.45, 7) is 4.64. The van der Waals surface area contributed by atoms with Crippen LogP contribution in [0.2, 0.25) is 0 Å². The minimum Gasteiger partial charge on any atom is -0.478 e. The van der Waals surface area contributed by atoms with Crippen LogP contribution in [0.15, 0.2) is 17.0 Å². The zero-order chi connectivity index (χ0) is 16.6. The predicted molar refractivity (Wildman–Crippen MR) is 84.3 cm³/mol. The number of hydrogen-bond acceptors (Lipinski definition) is 3. The van der Waals surface area contributed by atoms with Crippen molar-refractivity contribution in [2.75, 3.05) is 0 Å².